The Hall–Kier alpha value is -3.13. The van der Waals surface area contributed by atoms with Crippen molar-refractivity contribution in [1.29, 1.82) is 0 Å². The smallest absolute Gasteiger partial charge is 0.236 e. The Balaban J connectivity index is 1.41. The summed E-state index contributed by atoms with van der Waals surface area (Å²) in [4.78, 5) is 22.1. The number of guanidine groups is 1. The molecule has 0 aliphatic carbocycles. The lowest BCUT2D eigenvalue weighted by atomic mass is 9.90. The maximum Gasteiger partial charge on any atom is 0.236 e. The fourth-order valence-electron chi connectivity index (χ4n) is 3.30. The van der Waals surface area contributed by atoms with Gasteiger partial charge in [0.25, 0.3) is 0 Å². The van der Waals surface area contributed by atoms with Crippen LogP contribution < -0.4 is 16.0 Å². The van der Waals surface area contributed by atoms with E-state index in [0.717, 1.165) is 28.4 Å². The Labute approximate surface area is 173 Å². The van der Waals surface area contributed by atoms with Gasteiger partial charge in [0.2, 0.25) is 11.8 Å². The Morgan fingerprint density at radius 3 is 3.03 bits per heavy atom. The van der Waals surface area contributed by atoms with Gasteiger partial charge in [0.15, 0.2) is 5.96 Å². The van der Waals surface area contributed by atoms with Crippen LogP contribution in [0.4, 0.5) is 5.69 Å². The van der Waals surface area contributed by atoms with Gasteiger partial charge in [0.1, 0.15) is 12.0 Å². The monoisotopic (exact) mass is 409 g/mol. The van der Waals surface area contributed by atoms with Gasteiger partial charge in [-0.05, 0) is 30.0 Å². The number of anilines is 1. The van der Waals surface area contributed by atoms with Crippen molar-refractivity contribution in [1.82, 2.24) is 15.6 Å². The third-order valence-electron chi connectivity index (χ3n) is 4.65. The quantitative estimate of drug-likeness (QED) is 0.428. The van der Waals surface area contributed by atoms with Gasteiger partial charge in [-0.3, -0.25) is 4.79 Å². The third kappa shape index (κ3) is 4.65. The molecular formula is C21H23N5O2S. The van der Waals surface area contributed by atoms with E-state index in [1.54, 1.807) is 17.6 Å². The first-order valence-electron chi connectivity index (χ1n) is 9.62. The van der Waals surface area contributed by atoms with Crippen molar-refractivity contribution in [3.8, 4) is 10.8 Å². The number of nitrogens with zero attached hydrogens (tertiary/aromatic N) is 2. The highest BCUT2D eigenvalue weighted by Gasteiger charge is 2.24. The van der Waals surface area contributed by atoms with E-state index in [0.29, 0.717) is 31.4 Å². The minimum Gasteiger partial charge on any atom is -0.443 e. The molecule has 2 aromatic heterocycles. The number of nitrogens with one attached hydrogen (secondary N) is 3. The van der Waals surface area contributed by atoms with Gasteiger partial charge in [-0.1, -0.05) is 24.3 Å². The van der Waals surface area contributed by atoms with Crippen molar-refractivity contribution in [3.63, 3.8) is 0 Å². The molecule has 1 aromatic carbocycles. The number of aromatic nitrogens is 1. The van der Waals surface area contributed by atoms with Crippen LogP contribution in [0.1, 0.15) is 30.5 Å². The number of aliphatic imine (C=N–C) groups is 1. The molecule has 0 radical (unpaired) electrons. The van der Waals surface area contributed by atoms with Crippen molar-refractivity contribution < 1.29 is 9.21 Å². The molecule has 29 heavy (non-hydrogen) atoms. The van der Waals surface area contributed by atoms with Crippen LogP contribution in [0.5, 0.6) is 0 Å². The summed E-state index contributed by atoms with van der Waals surface area (Å²) in [5.74, 6) is 1.45. The summed E-state index contributed by atoms with van der Waals surface area (Å²) < 4.78 is 5.55. The average molecular weight is 410 g/mol. The highest BCUT2D eigenvalue weighted by Crippen LogP contribution is 2.31. The largest absolute Gasteiger partial charge is 0.443 e. The zero-order chi connectivity index (χ0) is 20.1. The van der Waals surface area contributed by atoms with Crippen LogP contribution in [-0.4, -0.2) is 29.9 Å². The van der Waals surface area contributed by atoms with Gasteiger partial charge in [-0.25, -0.2) is 9.98 Å². The minimum absolute atomic E-state index is 0.0427. The number of para-hydroxylation sites is 1. The molecule has 4 rings (SSSR count). The number of hydrogen-bond acceptors (Lipinski definition) is 5. The SMILES string of the molecule is CCNC(=NCc1coc(-c2cccs2)n1)NCC1CC(=O)Nc2ccccc21. The number of amides is 1. The summed E-state index contributed by atoms with van der Waals surface area (Å²) >= 11 is 1.59. The topological polar surface area (TPSA) is 91.6 Å². The molecule has 0 saturated carbocycles. The van der Waals surface area contributed by atoms with Crippen molar-refractivity contribution >= 4 is 28.9 Å². The van der Waals surface area contributed by atoms with Crippen molar-refractivity contribution in [2.45, 2.75) is 25.8 Å². The van der Waals surface area contributed by atoms with Gasteiger partial charge < -0.3 is 20.4 Å². The molecule has 3 aromatic rings. The molecule has 1 amide bonds. The van der Waals surface area contributed by atoms with Crippen LogP contribution in [0.25, 0.3) is 10.8 Å². The minimum atomic E-state index is 0.0427. The Kier molecular flexibility index (Phi) is 5.90. The summed E-state index contributed by atoms with van der Waals surface area (Å²) in [6.45, 7) is 3.79. The fourth-order valence-corrected chi connectivity index (χ4v) is 3.95. The highest BCUT2D eigenvalue weighted by atomic mass is 32.1. The summed E-state index contributed by atoms with van der Waals surface area (Å²) in [7, 11) is 0. The summed E-state index contributed by atoms with van der Waals surface area (Å²) in [5.41, 5.74) is 2.81. The molecule has 1 atom stereocenters. The van der Waals surface area contributed by atoms with Crippen molar-refractivity contribution in [2.24, 2.45) is 4.99 Å². The lowest BCUT2D eigenvalue weighted by Gasteiger charge is -2.26. The summed E-state index contributed by atoms with van der Waals surface area (Å²) in [6.07, 6.45) is 2.10. The molecule has 0 spiro atoms. The average Bonchev–Trinajstić information content (AvgIpc) is 3.41. The molecular weight excluding hydrogens is 386 g/mol. The van der Waals surface area contributed by atoms with Crippen LogP contribution in [0.15, 0.2) is 57.5 Å². The summed E-state index contributed by atoms with van der Waals surface area (Å²) in [5, 5.41) is 11.5. The van der Waals surface area contributed by atoms with Crippen LogP contribution >= 0.6 is 11.3 Å². The van der Waals surface area contributed by atoms with E-state index in [1.165, 1.54) is 0 Å². The van der Waals surface area contributed by atoms with Gasteiger partial charge in [0.05, 0.1) is 11.4 Å². The lowest BCUT2D eigenvalue weighted by molar-refractivity contribution is -0.116. The van der Waals surface area contributed by atoms with E-state index in [1.807, 2.05) is 42.6 Å². The number of carbonyl (C=O) groups excluding carboxylic acids is 1. The predicted molar refractivity (Wildman–Crippen MR) is 115 cm³/mol. The van der Waals surface area contributed by atoms with E-state index in [-0.39, 0.29) is 11.8 Å². The third-order valence-corrected chi connectivity index (χ3v) is 5.51. The zero-order valence-corrected chi connectivity index (χ0v) is 17.0. The van der Waals surface area contributed by atoms with E-state index in [9.17, 15) is 4.79 Å². The molecule has 150 valence electrons. The second-order valence-electron chi connectivity index (χ2n) is 6.73. The Bertz CT molecular complexity index is 996. The van der Waals surface area contributed by atoms with Crippen molar-refractivity contribution in [2.75, 3.05) is 18.4 Å². The fraction of sp³-hybridized carbons (Fsp3) is 0.286. The Morgan fingerprint density at radius 2 is 2.21 bits per heavy atom. The van der Waals surface area contributed by atoms with Gasteiger partial charge in [0, 0.05) is 31.1 Å². The molecule has 1 aliphatic heterocycles. The first-order valence-corrected chi connectivity index (χ1v) is 10.5. The molecule has 8 heteroatoms. The number of carbonyl (C=O) groups is 1. The van der Waals surface area contributed by atoms with Gasteiger partial charge >= 0.3 is 0 Å². The van der Waals surface area contributed by atoms with Gasteiger partial charge in [-0.15, -0.1) is 11.3 Å². The number of oxazole rings is 1. The molecule has 0 bridgehead atoms. The maximum absolute atomic E-state index is 12.0. The van der Waals surface area contributed by atoms with Crippen LogP contribution in [-0.2, 0) is 11.3 Å². The Morgan fingerprint density at radius 1 is 1.31 bits per heavy atom. The lowest BCUT2D eigenvalue weighted by Crippen LogP contribution is -2.40. The molecule has 7 nitrogen and oxygen atoms in total. The van der Waals surface area contributed by atoms with Crippen LogP contribution in [0, 0.1) is 0 Å². The second-order valence-corrected chi connectivity index (χ2v) is 7.68. The van der Waals surface area contributed by atoms with Gasteiger partial charge in [-0.2, -0.15) is 0 Å². The highest BCUT2D eigenvalue weighted by molar-refractivity contribution is 7.13. The number of benzene rings is 1. The van der Waals surface area contributed by atoms with Crippen LogP contribution in [0.3, 0.4) is 0 Å². The van der Waals surface area contributed by atoms with E-state index >= 15 is 0 Å². The standard InChI is InChI=1S/C21H23N5O2S/c1-2-22-21(24-12-15-13-28-20(25-15)18-8-5-9-29-18)23-11-14-10-19(27)26-17-7-4-3-6-16(14)17/h3-9,13-14H,2,10-12H2,1H3,(H,26,27)(H2,22,23,24). The molecule has 3 heterocycles. The second kappa shape index (κ2) is 8.91. The number of thiophene rings is 1. The maximum atomic E-state index is 12.0. The molecule has 1 aliphatic rings. The first-order chi connectivity index (χ1) is 14.2. The van der Waals surface area contributed by atoms with E-state index in [2.05, 4.69) is 32.0 Å². The van der Waals surface area contributed by atoms with E-state index < -0.39 is 0 Å². The number of hydrogen-bond donors (Lipinski definition) is 3. The zero-order valence-electron chi connectivity index (χ0n) is 16.1. The van der Waals surface area contributed by atoms with Crippen molar-refractivity contribution in [3.05, 3.63) is 59.3 Å². The van der Waals surface area contributed by atoms with E-state index in [4.69, 9.17) is 4.42 Å². The number of fused-ring (bicyclic) bond motifs is 1. The molecule has 0 fully saturated rings. The molecule has 3 N–H and O–H groups in total. The predicted octanol–water partition coefficient (Wildman–Crippen LogP) is 3.58. The normalized spacial score (nSPS) is 16.2. The number of rotatable bonds is 6. The molecule has 0 saturated heterocycles. The first kappa shape index (κ1) is 19.2. The summed E-state index contributed by atoms with van der Waals surface area (Å²) in [6, 6.07) is 11.9. The van der Waals surface area contributed by atoms with Crippen LogP contribution in [0.2, 0.25) is 0 Å². The molecule has 1 unspecified atom stereocenters.